The molecule has 0 fully saturated rings. The Balaban J connectivity index is 1.77. The van der Waals surface area contributed by atoms with Crippen LogP contribution >= 0.6 is 11.3 Å². The Kier molecular flexibility index (Phi) is 3.20. The summed E-state index contributed by atoms with van der Waals surface area (Å²) in [5, 5.41) is 9.13. The summed E-state index contributed by atoms with van der Waals surface area (Å²) in [7, 11) is 1.63. The third-order valence-corrected chi connectivity index (χ3v) is 4.56. The number of methoxy groups -OCH3 is 1. The SMILES string of the molecule is COc1ccc(-n2nnc(-c3nc4ccccc4s3)c2N)cc1. The Morgan fingerprint density at radius 1 is 1.09 bits per heavy atom. The molecule has 0 bridgehead atoms. The first-order valence-electron chi connectivity index (χ1n) is 6.98. The molecule has 0 unspecified atom stereocenters. The van der Waals surface area contributed by atoms with Crippen LogP contribution < -0.4 is 10.5 Å². The van der Waals surface area contributed by atoms with Crippen LogP contribution in [-0.2, 0) is 0 Å². The molecule has 23 heavy (non-hydrogen) atoms. The van der Waals surface area contributed by atoms with E-state index in [4.69, 9.17) is 10.5 Å². The first-order valence-corrected chi connectivity index (χ1v) is 7.79. The Labute approximate surface area is 136 Å². The van der Waals surface area contributed by atoms with Crippen molar-refractivity contribution in [3.63, 3.8) is 0 Å². The minimum Gasteiger partial charge on any atom is -0.497 e. The van der Waals surface area contributed by atoms with Gasteiger partial charge in [0.15, 0.2) is 11.5 Å². The van der Waals surface area contributed by atoms with Crippen LogP contribution in [0.3, 0.4) is 0 Å². The molecule has 0 atom stereocenters. The van der Waals surface area contributed by atoms with Crippen LogP contribution in [0.25, 0.3) is 26.6 Å². The fraction of sp³-hybridized carbons (Fsp3) is 0.0625. The monoisotopic (exact) mass is 323 g/mol. The summed E-state index contributed by atoms with van der Waals surface area (Å²) in [6.45, 7) is 0. The number of fused-ring (bicyclic) bond motifs is 1. The molecule has 7 heteroatoms. The second-order valence-corrected chi connectivity index (χ2v) is 5.95. The fourth-order valence-corrected chi connectivity index (χ4v) is 3.29. The van der Waals surface area contributed by atoms with Crippen molar-refractivity contribution in [1.82, 2.24) is 20.0 Å². The van der Waals surface area contributed by atoms with Crippen LogP contribution in [0.4, 0.5) is 5.82 Å². The number of anilines is 1. The van der Waals surface area contributed by atoms with Crippen LogP contribution in [0.5, 0.6) is 5.75 Å². The lowest BCUT2D eigenvalue weighted by molar-refractivity contribution is 0.414. The molecular weight excluding hydrogens is 310 g/mol. The average molecular weight is 323 g/mol. The zero-order valence-corrected chi connectivity index (χ0v) is 13.1. The first-order chi connectivity index (χ1) is 11.3. The van der Waals surface area contributed by atoms with Crippen LogP contribution in [0.1, 0.15) is 0 Å². The lowest BCUT2D eigenvalue weighted by Gasteiger charge is -2.04. The number of nitrogen functional groups attached to an aromatic ring is 1. The molecule has 0 amide bonds. The number of aromatic nitrogens is 4. The van der Waals surface area contributed by atoms with Gasteiger partial charge in [0.05, 0.1) is 23.0 Å². The van der Waals surface area contributed by atoms with Gasteiger partial charge in [-0.05, 0) is 36.4 Å². The van der Waals surface area contributed by atoms with Crippen molar-refractivity contribution >= 4 is 27.4 Å². The zero-order chi connectivity index (χ0) is 15.8. The van der Waals surface area contributed by atoms with Crippen molar-refractivity contribution in [2.24, 2.45) is 0 Å². The first kappa shape index (κ1) is 13.7. The average Bonchev–Trinajstić information content (AvgIpc) is 3.18. The van der Waals surface area contributed by atoms with E-state index in [2.05, 4.69) is 15.3 Å². The second-order valence-electron chi connectivity index (χ2n) is 4.92. The summed E-state index contributed by atoms with van der Waals surface area (Å²) >= 11 is 1.55. The number of nitrogens with zero attached hydrogens (tertiary/aromatic N) is 4. The zero-order valence-electron chi connectivity index (χ0n) is 12.3. The molecule has 114 valence electrons. The summed E-state index contributed by atoms with van der Waals surface area (Å²) in [6, 6.07) is 15.4. The van der Waals surface area contributed by atoms with Gasteiger partial charge in [0.1, 0.15) is 10.8 Å². The predicted molar refractivity (Wildman–Crippen MR) is 90.9 cm³/mol. The molecule has 2 heterocycles. The Bertz CT molecular complexity index is 941. The van der Waals surface area contributed by atoms with E-state index in [9.17, 15) is 0 Å². The summed E-state index contributed by atoms with van der Waals surface area (Å²) in [5.41, 5.74) is 8.59. The van der Waals surface area contributed by atoms with Crippen LogP contribution in [0.15, 0.2) is 48.5 Å². The molecule has 4 aromatic rings. The standard InChI is InChI=1S/C16H13N5OS/c1-22-11-8-6-10(7-9-11)21-15(17)14(19-20-21)16-18-12-4-2-3-5-13(12)23-16/h2-9H,17H2,1H3. The van der Waals surface area contributed by atoms with Gasteiger partial charge < -0.3 is 10.5 Å². The molecule has 0 saturated carbocycles. The van der Waals surface area contributed by atoms with Gasteiger partial charge in [-0.25, -0.2) is 4.98 Å². The number of hydrogen-bond acceptors (Lipinski definition) is 6. The molecular formula is C16H13N5OS. The number of thiazole rings is 1. The third kappa shape index (κ3) is 2.31. The van der Waals surface area contributed by atoms with E-state index in [0.717, 1.165) is 26.7 Å². The molecule has 2 N–H and O–H groups in total. The van der Waals surface area contributed by atoms with Gasteiger partial charge in [-0.15, -0.1) is 16.4 Å². The third-order valence-electron chi connectivity index (χ3n) is 3.52. The highest BCUT2D eigenvalue weighted by atomic mass is 32.1. The largest absolute Gasteiger partial charge is 0.497 e. The normalized spacial score (nSPS) is 11.0. The van der Waals surface area contributed by atoms with Crippen molar-refractivity contribution in [3.8, 4) is 22.1 Å². The number of benzene rings is 2. The molecule has 0 saturated heterocycles. The number of para-hydroxylation sites is 1. The lowest BCUT2D eigenvalue weighted by Crippen LogP contribution is -2.02. The lowest BCUT2D eigenvalue weighted by atomic mass is 10.3. The molecule has 4 rings (SSSR count). The highest BCUT2D eigenvalue weighted by Crippen LogP contribution is 2.32. The van der Waals surface area contributed by atoms with E-state index in [1.54, 1.807) is 23.1 Å². The van der Waals surface area contributed by atoms with Crippen LogP contribution in [0, 0.1) is 0 Å². The highest BCUT2D eigenvalue weighted by Gasteiger charge is 2.16. The van der Waals surface area contributed by atoms with Gasteiger partial charge in [-0.1, -0.05) is 17.3 Å². The molecule has 0 spiro atoms. The minimum atomic E-state index is 0.467. The van der Waals surface area contributed by atoms with Crippen molar-refractivity contribution in [2.45, 2.75) is 0 Å². The van der Waals surface area contributed by atoms with Gasteiger partial charge >= 0.3 is 0 Å². The number of hydrogen-bond donors (Lipinski definition) is 1. The molecule has 2 aromatic heterocycles. The second kappa shape index (κ2) is 5.36. The maximum Gasteiger partial charge on any atom is 0.165 e. The van der Waals surface area contributed by atoms with E-state index in [-0.39, 0.29) is 0 Å². The smallest absolute Gasteiger partial charge is 0.165 e. The maximum atomic E-state index is 6.23. The summed E-state index contributed by atoms with van der Waals surface area (Å²) < 4.78 is 7.85. The molecule has 0 radical (unpaired) electrons. The quantitative estimate of drug-likeness (QED) is 0.626. The minimum absolute atomic E-state index is 0.467. The molecule has 0 aliphatic carbocycles. The summed E-state index contributed by atoms with van der Waals surface area (Å²) in [5.74, 6) is 1.24. The van der Waals surface area contributed by atoms with E-state index in [1.165, 1.54) is 0 Å². The van der Waals surface area contributed by atoms with Gasteiger partial charge in [0.25, 0.3) is 0 Å². The molecule has 0 aliphatic heterocycles. The predicted octanol–water partition coefficient (Wildman–Crippen LogP) is 3.13. The Hall–Kier alpha value is -2.93. The van der Waals surface area contributed by atoms with E-state index < -0.39 is 0 Å². The highest BCUT2D eigenvalue weighted by molar-refractivity contribution is 7.21. The summed E-state index contributed by atoms with van der Waals surface area (Å²) in [6.07, 6.45) is 0. The van der Waals surface area contributed by atoms with Gasteiger partial charge in [-0.3, -0.25) is 0 Å². The van der Waals surface area contributed by atoms with Gasteiger partial charge in [-0.2, -0.15) is 4.68 Å². The van der Waals surface area contributed by atoms with E-state index >= 15 is 0 Å². The topological polar surface area (TPSA) is 78.8 Å². The van der Waals surface area contributed by atoms with E-state index in [1.807, 2.05) is 48.5 Å². The van der Waals surface area contributed by atoms with Crippen molar-refractivity contribution in [1.29, 1.82) is 0 Å². The van der Waals surface area contributed by atoms with E-state index in [0.29, 0.717) is 11.5 Å². The van der Waals surface area contributed by atoms with Gasteiger partial charge in [0, 0.05) is 0 Å². The number of ether oxygens (including phenoxy) is 1. The Morgan fingerprint density at radius 2 is 1.87 bits per heavy atom. The molecule has 2 aromatic carbocycles. The fourth-order valence-electron chi connectivity index (χ4n) is 2.33. The van der Waals surface area contributed by atoms with Crippen LogP contribution in [-0.4, -0.2) is 27.1 Å². The van der Waals surface area contributed by atoms with Crippen molar-refractivity contribution in [3.05, 3.63) is 48.5 Å². The van der Waals surface area contributed by atoms with Gasteiger partial charge in [0.2, 0.25) is 0 Å². The van der Waals surface area contributed by atoms with Crippen molar-refractivity contribution in [2.75, 3.05) is 12.8 Å². The molecule has 6 nitrogen and oxygen atoms in total. The molecule has 0 aliphatic rings. The number of rotatable bonds is 3. The van der Waals surface area contributed by atoms with Crippen molar-refractivity contribution < 1.29 is 4.74 Å². The summed E-state index contributed by atoms with van der Waals surface area (Å²) in [4.78, 5) is 4.58. The van der Waals surface area contributed by atoms with Crippen LogP contribution in [0.2, 0.25) is 0 Å². The Morgan fingerprint density at radius 3 is 2.61 bits per heavy atom. The number of nitrogens with two attached hydrogens (primary N) is 1. The maximum absolute atomic E-state index is 6.23.